The summed E-state index contributed by atoms with van der Waals surface area (Å²) in [5, 5.41) is 3.04. The minimum absolute atomic E-state index is 0.150. The number of hydrogen-bond donors (Lipinski definition) is 1. The summed E-state index contributed by atoms with van der Waals surface area (Å²) in [6.45, 7) is 2.04. The second-order valence-electron chi connectivity index (χ2n) is 6.34. The predicted octanol–water partition coefficient (Wildman–Crippen LogP) is 2.80. The maximum absolute atomic E-state index is 12.7. The van der Waals surface area contributed by atoms with Gasteiger partial charge in [-0.25, -0.2) is 0 Å². The molecule has 0 aliphatic carbocycles. The number of benzene rings is 1. The molecule has 0 fully saturated rings. The van der Waals surface area contributed by atoms with Gasteiger partial charge in [-0.3, -0.25) is 14.6 Å². The third-order valence-electron chi connectivity index (χ3n) is 4.26. The van der Waals surface area contributed by atoms with Gasteiger partial charge < -0.3 is 9.88 Å². The van der Waals surface area contributed by atoms with E-state index in [0.29, 0.717) is 12.0 Å². The van der Waals surface area contributed by atoms with Crippen LogP contribution in [0.5, 0.6) is 0 Å². The zero-order valence-corrected chi connectivity index (χ0v) is 14.8. The second kappa shape index (κ2) is 7.78. The minimum atomic E-state index is -0.261. The van der Waals surface area contributed by atoms with Gasteiger partial charge in [0.2, 0.25) is 5.56 Å². The Morgan fingerprint density at radius 2 is 1.88 bits per heavy atom. The quantitative estimate of drug-likeness (QED) is 0.772. The van der Waals surface area contributed by atoms with Crippen molar-refractivity contribution in [2.24, 2.45) is 7.05 Å². The number of carbonyl (C=O) groups is 1. The highest BCUT2D eigenvalue weighted by atomic mass is 16.2. The zero-order valence-electron chi connectivity index (χ0n) is 14.8. The molecule has 0 aliphatic heterocycles. The second-order valence-corrected chi connectivity index (χ2v) is 6.34. The van der Waals surface area contributed by atoms with E-state index < -0.39 is 0 Å². The van der Waals surface area contributed by atoms with E-state index in [2.05, 4.69) is 34.6 Å². The van der Waals surface area contributed by atoms with Crippen LogP contribution in [-0.4, -0.2) is 15.5 Å². The number of amides is 1. The van der Waals surface area contributed by atoms with Crippen LogP contribution in [0.2, 0.25) is 0 Å². The molecule has 1 aromatic carbocycles. The van der Waals surface area contributed by atoms with Crippen LogP contribution in [0, 0.1) is 6.92 Å². The molecule has 0 saturated heterocycles. The molecule has 5 heteroatoms. The molecule has 132 valence electrons. The first-order chi connectivity index (χ1) is 12.5. The summed E-state index contributed by atoms with van der Waals surface area (Å²) < 4.78 is 1.39. The molecule has 0 radical (unpaired) electrons. The summed E-state index contributed by atoms with van der Waals surface area (Å²) in [7, 11) is 1.63. The average molecular weight is 347 g/mol. The van der Waals surface area contributed by atoms with Gasteiger partial charge in [-0.1, -0.05) is 35.9 Å². The highest BCUT2D eigenvalue weighted by molar-refractivity contribution is 5.94. The van der Waals surface area contributed by atoms with Crippen molar-refractivity contribution in [2.75, 3.05) is 0 Å². The summed E-state index contributed by atoms with van der Waals surface area (Å²) in [6, 6.07) is 16.6. The van der Waals surface area contributed by atoms with E-state index in [1.165, 1.54) is 16.2 Å². The van der Waals surface area contributed by atoms with Crippen LogP contribution in [0.25, 0.3) is 0 Å². The minimum Gasteiger partial charge on any atom is -0.343 e. The van der Waals surface area contributed by atoms with Gasteiger partial charge in [-0.05, 0) is 37.1 Å². The highest BCUT2D eigenvalue weighted by Gasteiger charge is 2.18. The number of aryl methyl sites for hydroxylation is 2. The van der Waals surface area contributed by atoms with Crippen LogP contribution in [-0.2, 0) is 13.5 Å². The number of rotatable bonds is 5. The third-order valence-corrected chi connectivity index (χ3v) is 4.26. The van der Waals surface area contributed by atoms with Gasteiger partial charge in [0.15, 0.2) is 0 Å². The molecule has 0 saturated carbocycles. The molecule has 2 aromatic heterocycles. The topological polar surface area (TPSA) is 64.0 Å². The monoisotopic (exact) mass is 347 g/mol. The van der Waals surface area contributed by atoms with Gasteiger partial charge in [-0.2, -0.15) is 0 Å². The number of pyridine rings is 2. The van der Waals surface area contributed by atoms with Crippen molar-refractivity contribution >= 4 is 5.91 Å². The molecule has 3 rings (SSSR count). The fourth-order valence-corrected chi connectivity index (χ4v) is 2.74. The van der Waals surface area contributed by atoms with Crippen LogP contribution in [0.1, 0.15) is 33.2 Å². The predicted molar refractivity (Wildman–Crippen MR) is 101 cm³/mol. The molecule has 26 heavy (non-hydrogen) atoms. The van der Waals surface area contributed by atoms with E-state index in [1.54, 1.807) is 25.5 Å². The van der Waals surface area contributed by atoms with Crippen LogP contribution in [0.15, 0.2) is 71.8 Å². The molecule has 1 unspecified atom stereocenters. The molecular weight excluding hydrogens is 326 g/mol. The summed E-state index contributed by atoms with van der Waals surface area (Å²) in [6.07, 6.45) is 3.89. The van der Waals surface area contributed by atoms with E-state index in [9.17, 15) is 9.59 Å². The molecule has 3 aromatic rings. The first-order valence-corrected chi connectivity index (χ1v) is 8.47. The lowest BCUT2D eigenvalue weighted by atomic mass is 10.0. The summed E-state index contributed by atoms with van der Waals surface area (Å²) in [5.41, 5.74) is 3.40. The SMILES string of the molecule is Cc1ccc(CC(NC(=O)c2ccc(=O)n(C)c2)c2ccccn2)cc1. The van der Waals surface area contributed by atoms with Crippen molar-refractivity contribution in [1.29, 1.82) is 0 Å². The Labute approximate surface area is 152 Å². The number of hydrogen-bond acceptors (Lipinski definition) is 3. The highest BCUT2D eigenvalue weighted by Crippen LogP contribution is 2.18. The summed E-state index contributed by atoms with van der Waals surface area (Å²) >= 11 is 0. The lowest BCUT2D eigenvalue weighted by molar-refractivity contribution is 0.0935. The molecule has 0 spiro atoms. The van der Waals surface area contributed by atoms with Gasteiger partial charge in [0, 0.05) is 25.5 Å². The summed E-state index contributed by atoms with van der Waals surface area (Å²) in [4.78, 5) is 28.6. The fourth-order valence-electron chi connectivity index (χ4n) is 2.74. The molecular formula is C21H21N3O2. The molecule has 0 bridgehead atoms. The molecule has 5 nitrogen and oxygen atoms in total. The van der Waals surface area contributed by atoms with Crippen molar-refractivity contribution in [3.63, 3.8) is 0 Å². The van der Waals surface area contributed by atoms with Gasteiger partial charge in [0.25, 0.3) is 5.91 Å². The number of nitrogens with zero attached hydrogens (tertiary/aromatic N) is 2. The Morgan fingerprint density at radius 3 is 2.54 bits per heavy atom. The van der Waals surface area contributed by atoms with Crippen molar-refractivity contribution in [3.05, 3.63) is 99.7 Å². The maximum Gasteiger partial charge on any atom is 0.253 e. The van der Waals surface area contributed by atoms with Gasteiger partial charge >= 0.3 is 0 Å². The Morgan fingerprint density at radius 1 is 1.12 bits per heavy atom. The number of aromatic nitrogens is 2. The van der Waals surface area contributed by atoms with E-state index in [0.717, 1.165) is 11.3 Å². The number of carbonyl (C=O) groups excluding carboxylic acids is 1. The molecule has 1 N–H and O–H groups in total. The smallest absolute Gasteiger partial charge is 0.253 e. The zero-order chi connectivity index (χ0) is 18.5. The van der Waals surface area contributed by atoms with Crippen LogP contribution >= 0.6 is 0 Å². The molecule has 0 aliphatic rings. The fraction of sp³-hybridized carbons (Fsp3) is 0.190. The van der Waals surface area contributed by atoms with Crippen molar-refractivity contribution in [2.45, 2.75) is 19.4 Å². The van der Waals surface area contributed by atoms with Crippen molar-refractivity contribution in [3.8, 4) is 0 Å². The van der Waals surface area contributed by atoms with E-state index in [1.807, 2.05) is 25.1 Å². The van der Waals surface area contributed by atoms with Gasteiger partial charge in [-0.15, -0.1) is 0 Å². The van der Waals surface area contributed by atoms with Gasteiger partial charge in [0.1, 0.15) is 0 Å². The molecule has 2 heterocycles. The molecule has 1 atom stereocenters. The van der Waals surface area contributed by atoms with Crippen molar-refractivity contribution < 1.29 is 4.79 Å². The van der Waals surface area contributed by atoms with Crippen LogP contribution in [0.3, 0.4) is 0 Å². The standard InChI is InChI=1S/C21H21N3O2/c1-15-6-8-16(9-7-15)13-19(18-5-3-4-12-22-18)23-21(26)17-10-11-20(25)24(2)14-17/h3-12,14,19H,13H2,1-2H3,(H,23,26). The lowest BCUT2D eigenvalue weighted by Crippen LogP contribution is -2.31. The van der Waals surface area contributed by atoms with Crippen molar-refractivity contribution in [1.82, 2.24) is 14.9 Å². The lowest BCUT2D eigenvalue weighted by Gasteiger charge is -2.19. The molecule has 1 amide bonds. The number of nitrogens with one attached hydrogen (secondary N) is 1. The largest absolute Gasteiger partial charge is 0.343 e. The Bertz CT molecular complexity index is 947. The van der Waals surface area contributed by atoms with Crippen LogP contribution in [0.4, 0.5) is 0 Å². The third kappa shape index (κ3) is 4.25. The van der Waals surface area contributed by atoms with E-state index in [-0.39, 0.29) is 17.5 Å². The Hall–Kier alpha value is -3.21. The normalized spacial score (nSPS) is 11.8. The maximum atomic E-state index is 12.7. The summed E-state index contributed by atoms with van der Waals surface area (Å²) in [5.74, 6) is -0.233. The van der Waals surface area contributed by atoms with Crippen LogP contribution < -0.4 is 10.9 Å². The average Bonchev–Trinajstić information content (AvgIpc) is 2.66. The Balaban J connectivity index is 1.85. The van der Waals surface area contributed by atoms with E-state index >= 15 is 0 Å². The Kier molecular flexibility index (Phi) is 5.27. The first kappa shape index (κ1) is 17.6. The van der Waals surface area contributed by atoms with E-state index in [4.69, 9.17) is 0 Å². The first-order valence-electron chi connectivity index (χ1n) is 8.47. The van der Waals surface area contributed by atoms with Gasteiger partial charge in [0.05, 0.1) is 17.3 Å².